The number of aryl methyl sites for hydroxylation is 1. The van der Waals surface area contributed by atoms with Crippen molar-refractivity contribution >= 4 is 23.1 Å². The van der Waals surface area contributed by atoms with E-state index in [0.29, 0.717) is 19.6 Å². The topological polar surface area (TPSA) is 74.6 Å². The highest BCUT2D eigenvalue weighted by Gasteiger charge is 2.44. The van der Waals surface area contributed by atoms with E-state index in [0.717, 1.165) is 48.0 Å². The molecule has 7 heteroatoms. The van der Waals surface area contributed by atoms with Gasteiger partial charge in [0.1, 0.15) is 23.7 Å². The Morgan fingerprint density at radius 3 is 2.69 bits per heavy atom. The number of hydrogen-bond donors (Lipinski definition) is 2. The minimum atomic E-state index is -0.430. The van der Waals surface area contributed by atoms with Gasteiger partial charge in [-0.05, 0) is 37.5 Å². The summed E-state index contributed by atoms with van der Waals surface area (Å²) in [4.78, 5) is 24.4. The van der Waals surface area contributed by atoms with Crippen LogP contribution in [-0.4, -0.2) is 44.8 Å². The highest BCUT2D eigenvalue weighted by atomic mass is 16.2. The monoisotopic (exact) mass is 428 g/mol. The molecule has 3 heterocycles. The van der Waals surface area contributed by atoms with E-state index in [1.165, 1.54) is 0 Å². The number of imidazole rings is 1. The van der Waals surface area contributed by atoms with Gasteiger partial charge < -0.3 is 20.1 Å². The molecule has 32 heavy (non-hydrogen) atoms. The zero-order chi connectivity index (χ0) is 22.0. The lowest BCUT2D eigenvalue weighted by Crippen LogP contribution is -2.62. The number of amidine groups is 1. The van der Waals surface area contributed by atoms with Crippen LogP contribution in [-0.2, 0) is 17.9 Å². The lowest BCUT2D eigenvalue weighted by atomic mass is 9.85. The van der Waals surface area contributed by atoms with Crippen molar-refractivity contribution in [3.8, 4) is 0 Å². The highest BCUT2D eigenvalue weighted by Crippen LogP contribution is 2.36. The molecule has 1 fully saturated rings. The quantitative estimate of drug-likeness (QED) is 0.665. The molecule has 2 N–H and O–H groups in total. The molecule has 0 unspecified atom stereocenters. The number of carbonyl (C=O) groups excluding carboxylic acids is 1. The van der Waals surface area contributed by atoms with E-state index in [1.54, 1.807) is 6.20 Å². The van der Waals surface area contributed by atoms with Crippen LogP contribution in [0.5, 0.6) is 0 Å². The summed E-state index contributed by atoms with van der Waals surface area (Å²) in [5.74, 6) is 1.85. The molecule has 1 spiro atoms. The third kappa shape index (κ3) is 3.98. The molecule has 0 aliphatic carbocycles. The Kier molecular flexibility index (Phi) is 5.39. The maximum atomic E-state index is 13.2. The van der Waals surface area contributed by atoms with Gasteiger partial charge in [0.15, 0.2) is 0 Å². The molecule has 2 aliphatic heterocycles. The van der Waals surface area contributed by atoms with Crippen molar-refractivity contribution in [3.63, 3.8) is 0 Å². The second-order valence-electron chi connectivity index (χ2n) is 8.55. The van der Waals surface area contributed by atoms with Crippen LogP contribution < -0.4 is 10.6 Å². The number of likely N-dealkylation sites (tertiary alicyclic amines) is 1. The van der Waals surface area contributed by atoms with Gasteiger partial charge in [-0.1, -0.05) is 42.5 Å². The number of fused-ring (bicyclic) bond motifs is 1. The minimum absolute atomic E-state index is 0.105. The Bertz CT molecular complexity index is 1140. The summed E-state index contributed by atoms with van der Waals surface area (Å²) in [7, 11) is 0. The number of aliphatic imine (C=N–C) groups is 1. The van der Waals surface area contributed by atoms with Gasteiger partial charge >= 0.3 is 0 Å². The van der Waals surface area contributed by atoms with Crippen molar-refractivity contribution in [2.24, 2.45) is 4.99 Å². The third-order valence-electron chi connectivity index (χ3n) is 6.34. The molecule has 0 bridgehead atoms. The van der Waals surface area contributed by atoms with Crippen molar-refractivity contribution in [1.29, 1.82) is 0 Å². The molecule has 7 nitrogen and oxygen atoms in total. The number of nitrogens with one attached hydrogen (secondary N) is 2. The molecule has 3 aromatic rings. The van der Waals surface area contributed by atoms with Crippen molar-refractivity contribution in [3.05, 3.63) is 78.4 Å². The van der Waals surface area contributed by atoms with Crippen LogP contribution in [0.1, 0.15) is 24.2 Å². The Balaban J connectivity index is 1.43. The number of para-hydroxylation sites is 2. The number of anilines is 2. The number of hydrogen-bond acceptors (Lipinski definition) is 4. The van der Waals surface area contributed by atoms with Crippen LogP contribution in [0.15, 0.2) is 72.0 Å². The van der Waals surface area contributed by atoms with Crippen LogP contribution in [0.3, 0.4) is 0 Å². The first-order valence-corrected chi connectivity index (χ1v) is 11.1. The molecule has 5 rings (SSSR count). The molecule has 2 aliphatic rings. The van der Waals surface area contributed by atoms with Crippen LogP contribution in [0, 0.1) is 6.92 Å². The normalized spacial score (nSPS) is 21.2. The van der Waals surface area contributed by atoms with Gasteiger partial charge in [-0.15, -0.1) is 0 Å². The van der Waals surface area contributed by atoms with Gasteiger partial charge in [0, 0.05) is 18.9 Å². The number of aromatic nitrogens is 2. The van der Waals surface area contributed by atoms with E-state index in [2.05, 4.69) is 39.9 Å². The van der Waals surface area contributed by atoms with Crippen molar-refractivity contribution in [2.75, 3.05) is 23.7 Å². The summed E-state index contributed by atoms with van der Waals surface area (Å²) in [6.45, 7) is 4.15. The van der Waals surface area contributed by atoms with E-state index < -0.39 is 5.54 Å². The SMILES string of the molecule is Cc1nccn1CC(=O)N1CCC[C@]2(C1)Nc1ccccc1NC2=NCc1ccccc1. The molecular weight excluding hydrogens is 400 g/mol. The summed E-state index contributed by atoms with van der Waals surface area (Å²) in [5, 5.41) is 7.32. The van der Waals surface area contributed by atoms with Crippen LogP contribution in [0.25, 0.3) is 0 Å². The first kappa shape index (κ1) is 20.3. The zero-order valence-corrected chi connectivity index (χ0v) is 18.3. The molecule has 1 atom stereocenters. The summed E-state index contributed by atoms with van der Waals surface area (Å²) in [5.41, 5.74) is 2.80. The number of nitrogens with zero attached hydrogens (tertiary/aromatic N) is 4. The highest BCUT2D eigenvalue weighted by molar-refractivity contribution is 6.10. The average Bonchev–Trinajstić information content (AvgIpc) is 3.22. The fourth-order valence-corrected chi connectivity index (χ4v) is 4.59. The summed E-state index contributed by atoms with van der Waals surface area (Å²) >= 11 is 0. The van der Waals surface area contributed by atoms with Gasteiger partial charge in [-0.3, -0.25) is 9.79 Å². The number of amides is 1. The molecule has 2 aromatic carbocycles. The molecule has 164 valence electrons. The van der Waals surface area contributed by atoms with Gasteiger partial charge in [0.2, 0.25) is 5.91 Å². The minimum Gasteiger partial charge on any atom is -0.370 e. The van der Waals surface area contributed by atoms with E-state index in [1.807, 2.05) is 52.9 Å². The van der Waals surface area contributed by atoms with E-state index >= 15 is 0 Å². The zero-order valence-electron chi connectivity index (χ0n) is 18.3. The predicted octanol–water partition coefficient (Wildman–Crippen LogP) is 3.69. The Hall–Kier alpha value is -3.61. The second kappa shape index (κ2) is 8.49. The third-order valence-corrected chi connectivity index (χ3v) is 6.34. The summed E-state index contributed by atoms with van der Waals surface area (Å²) in [6, 6.07) is 18.4. The van der Waals surface area contributed by atoms with E-state index in [4.69, 9.17) is 4.99 Å². The maximum absolute atomic E-state index is 13.2. The van der Waals surface area contributed by atoms with Crippen molar-refractivity contribution in [2.45, 2.75) is 38.4 Å². The largest absolute Gasteiger partial charge is 0.370 e. The lowest BCUT2D eigenvalue weighted by Gasteiger charge is -2.47. The summed E-state index contributed by atoms with van der Waals surface area (Å²) < 4.78 is 1.90. The maximum Gasteiger partial charge on any atom is 0.242 e. The summed E-state index contributed by atoms with van der Waals surface area (Å²) in [6.07, 6.45) is 5.42. The van der Waals surface area contributed by atoms with Crippen molar-refractivity contribution < 1.29 is 4.79 Å². The molecule has 0 radical (unpaired) electrons. The van der Waals surface area contributed by atoms with Crippen LogP contribution >= 0.6 is 0 Å². The fourth-order valence-electron chi connectivity index (χ4n) is 4.59. The number of piperidine rings is 1. The second-order valence-corrected chi connectivity index (χ2v) is 8.55. The fraction of sp³-hybridized carbons (Fsp3) is 0.320. The molecular formula is C25H28N6O. The van der Waals surface area contributed by atoms with Crippen molar-refractivity contribution in [1.82, 2.24) is 14.5 Å². The van der Waals surface area contributed by atoms with Gasteiger partial charge in [-0.25, -0.2) is 4.98 Å². The smallest absolute Gasteiger partial charge is 0.242 e. The van der Waals surface area contributed by atoms with Gasteiger partial charge in [0.25, 0.3) is 0 Å². The molecule has 1 amide bonds. The number of carbonyl (C=O) groups is 1. The Labute approximate surface area is 188 Å². The first-order valence-electron chi connectivity index (χ1n) is 11.1. The van der Waals surface area contributed by atoms with Crippen LogP contribution in [0.2, 0.25) is 0 Å². The number of benzene rings is 2. The molecule has 0 saturated carbocycles. The first-order chi connectivity index (χ1) is 15.6. The predicted molar refractivity (Wildman–Crippen MR) is 127 cm³/mol. The lowest BCUT2D eigenvalue weighted by molar-refractivity contribution is -0.133. The Morgan fingerprint density at radius 2 is 1.91 bits per heavy atom. The standard InChI is InChI=1S/C25H28N6O/c1-19-26-13-15-30(19)17-23(32)31-14-7-12-25(18-31)24(27-16-20-8-3-2-4-9-20)28-21-10-5-6-11-22(21)29-25/h2-6,8-11,13,15,29H,7,12,14,16-18H2,1H3,(H,27,28)/t25-/m1/s1. The number of rotatable bonds is 4. The van der Waals surface area contributed by atoms with Crippen LogP contribution in [0.4, 0.5) is 11.4 Å². The van der Waals surface area contributed by atoms with E-state index in [9.17, 15) is 4.79 Å². The van der Waals surface area contributed by atoms with E-state index in [-0.39, 0.29) is 5.91 Å². The average molecular weight is 429 g/mol. The molecule has 1 aromatic heterocycles. The molecule has 1 saturated heterocycles. The Morgan fingerprint density at radius 1 is 1.12 bits per heavy atom. The van der Waals surface area contributed by atoms with Gasteiger partial charge in [0.05, 0.1) is 24.5 Å². The van der Waals surface area contributed by atoms with Gasteiger partial charge in [-0.2, -0.15) is 0 Å².